The van der Waals surface area contributed by atoms with Crippen LogP contribution in [-0.2, 0) is 25.9 Å². The molecule has 0 bridgehead atoms. The number of carbonyl (C=O) groups excluding carboxylic acids is 1. The average molecular weight is 355 g/mol. The Morgan fingerprint density at radius 1 is 1.31 bits per heavy atom. The van der Waals surface area contributed by atoms with Crippen LogP contribution in [-0.4, -0.2) is 62.8 Å². The molecule has 0 spiro atoms. The van der Waals surface area contributed by atoms with Gasteiger partial charge in [0.25, 0.3) is 5.91 Å². The van der Waals surface area contributed by atoms with E-state index in [1.54, 1.807) is 6.20 Å². The van der Waals surface area contributed by atoms with Crippen LogP contribution in [0.25, 0.3) is 0 Å². The molecule has 0 saturated heterocycles. The first-order chi connectivity index (χ1) is 12.5. The first-order valence-electron chi connectivity index (χ1n) is 9.18. The molecule has 3 heterocycles. The van der Waals surface area contributed by atoms with E-state index in [2.05, 4.69) is 10.1 Å². The zero-order valence-corrected chi connectivity index (χ0v) is 15.4. The lowest BCUT2D eigenvalue weighted by atomic mass is 10.1. The Bertz CT molecular complexity index is 829. The van der Waals surface area contributed by atoms with Crippen LogP contribution in [0.4, 0.5) is 0 Å². The third-order valence-electron chi connectivity index (χ3n) is 5.15. The van der Waals surface area contributed by atoms with Gasteiger partial charge in [0.15, 0.2) is 0 Å². The molecule has 0 aromatic carbocycles. The Hall–Kier alpha value is -2.25. The number of amides is 1. The van der Waals surface area contributed by atoms with Crippen molar-refractivity contribution in [3.8, 4) is 0 Å². The molecule has 1 N–H and O–H groups in total. The first-order valence-corrected chi connectivity index (χ1v) is 9.18. The third-order valence-corrected chi connectivity index (χ3v) is 5.15. The minimum Gasteiger partial charge on any atom is -0.385 e. The van der Waals surface area contributed by atoms with Crippen molar-refractivity contribution >= 4 is 5.91 Å². The smallest absolute Gasteiger partial charge is 0.255 e. The van der Waals surface area contributed by atoms with Crippen LogP contribution in [0, 0.1) is 0 Å². The summed E-state index contributed by atoms with van der Waals surface area (Å²) in [7, 11) is 3.84. The Balaban J connectivity index is 1.49. The predicted octanol–water partition coefficient (Wildman–Crippen LogP) is 1.02. The van der Waals surface area contributed by atoms with E-state index in [-0.39, 0.29) is 5.91 Å². The normalized spacial score (nSPS) is 17.3. The summed E-state index contributed by atoms with van der Waals surface area (Å²) in [6.45, 7) is 2.30. The SMILES string of the molecule is CN(C)C[C@H](O)c1cc2n(n1)CCN(C(=O)c1cnc3c(c1)CCC3)C2. The molecule has 2 aromatic heterocycles. The van der Waals surface area contributed by atoms with E-state index >= 15 is 0 Å². The van der Waals surface area contributed by atoms with Gasteiger partial charge in [-0.1, -0.05) is 0 Å². The molecule has 138 valence electrons. The maximum atomic E-state index is 12.9. The quantitative estimate of drug-likeness (QED) is 0.886. The number of aliphatic hydroxyl groups excluding tert-OH is 1. The summed E-state index contributed by atoms with van der Waals surface area (Å²) in [6, 6.07) is 3.92. The summed E-state index contributed by atoms with van der Waals surface area (Å²) < 4.78 is 1.90. The van der Waals surface area contributed by atoms with Crippen LogP contribution in [0.5, 0.6) is 0 Å². The van der Waals surface area contributed by atoms with E-state index in [0.29, 0.717) is 37.4 Å². The molecule has 0 saturated carbocycles. The number of hydrogen-bond acceptors (Lipinski definition) is 5. The van der Waals surface area contributed by atoms with Gasteiger partial charge in [0.05, 0.1) is 30.0 Å². The molecule has 1 aliphatic carbocycles. The summed E-state index contributed by atoms with van der Waals surface area (Å²) in [5.74, 6) is 0.0232. The van der Waals surface area contributed by atoms with Crippen molar-refractivity contribution in [2.75, 3.05) is 27.2 Å². The molecule has 7 heteroatoms. The first kappa shape index (κ1) is 17.2. The summed E-state index contributed by atoms with van der Waals surface area (Å²) >= 11 is 0. The number of pyridine rings is 1. The van der Waals surface area contributed by atoms with Gasteiger partial charge in [-0.15, -0.1) is 0 Å². The lowest BCUT2D eigenvalue weighted by Crippen LogP contribution is -2.38. The number of carbonyl (C=O) groups is 1. The van der Waals surface area contributed by atoms with Gasteiger partial charge in [-0.05, 0) is 51.1 Å². The van der Waals surface area contributed by atoms with E-state index in [9.17, 15) is 9.90 Å². The molecule has 0 unspecified atom stereocenters. The Morgan fingerprint density at radius 3 is 2.96 bits per heavy atom. The van der Waals surface area contributed by atoms with E-state index in [0.717, 1.165) is 30.7 Å². The summed E-state index contributed by atoms with van der Waals surface area (Å²) in [6.07, 6.45) is 4.26. The fraction of sp³-hybridized carbons (Fsp3) is 0.526. The molecule has 2 aliphatic rings. The number of aromatic nitrogens is 3. The number of hydrogen-bond donors (Lipinski definition) is 1. The maximum Gasteiger partial charge on any atom is 0.255 e. The average Bonchev–Trinajstić information content (AvgIpc) is 3.25. The van der Waals surface area contributed by atoms with E-state index in [1.807, 2.05) is 40.7 Å². The highest BCUT2D eigenvalue weighted by atomic mass is 16.3. The highest BCUT2D eigenvalue weighted by molar-refractivity contribution is 5.94. The third kappa shape index (κ3) is 3.24. The van der Waals surface area contributed by atoms with Gasteiger partial charge in [-0.2, -0.15) is 5.10 Å². The number of aryl methyl sites for hydroxylation is 2. The zero-order valence-electron chi connectivity index (χ0n) is 15.4. The van der Waals surface area contributed by atoms with Crippen molar-refractivity contribution < 1.29 is 9.90 Å². The van der Waals surface area contributed by atoms with Gasteiger partial charge in [0, 0.05) is 25.0 Å². The van der Waals surface area contributed by atoms with Gasteiger partial charge in [0.1, 0.15) is 6.10 Å². The monoisotopic (exact) mass is 355 g/mol. The molecular formula is C19H25N5O2. The molecule has 4 rings (SSSR count). The predicted molar refractivity (Wildman–Crippen MR) is 96.7 cm³/mol. The van der Waals surface area contributed by atoms with Gasteiger partial charge < -0.3 is 14.9 Å². The molecule has 0 fully saturated rings. The second-order valence-electron chi connectivity index (χ2n) is 7.47. The summed E-state index contributed by atoms with van der Waals surface area (Å²) in [5, 5.41) is 14.8. The van der Waals surface area contributed by atoms with Crippen LogP contribution < -0.4 is 0 Å². The molecule has 1 amide bonds. The Kier molecular flexibility index (Phi) is 4.50. The van der Waals surface area contributed by atoms with Gasteiger partial charge in [0.2, 0.25) is 0 Å². The molecular weight excluding hydrogens is 330 g/mol. The van der Waals surface area contributed by atoms with Crippen molar-refractivity contribution in [3.05, 3.63) is 46.5 Å². The van der Waals surface area contributed by atoms with Crippen LogP contribution in [0.3, 0.4) is 0 Å². The minimum atomic E-state index is -0.617. The summed E-state index contributed by atoms with van der Waals surface area (Å²) in [4.78, 5) is 21.1. The fourth-order valence-corrected chi connectivity index (χ4v) is 3.79. The van der Waals surface area contributed by atoms with Crippen molar-refractivity contribution in [3.63, 3.8) is 0 Å². The number of likely N-dealkylation sites (N-methyl/N-ethyl adjacent to an activating group) is 1. The Morgan fingerprint density at radius 2 is 2.15 bits per heavy atom. The highest BCUT2D eigenvalue weighted by Crippen LogP contribution is 2.23. The van der Waals surface area contributed by atoms with Crippen molar-refractivity contribution in [1.82, 2.24) is 24.6 Å². The van der Waals surface area contributed by atoms with E-state index in [4.69, 9.17) is 0 Å². The molecule has 2 aromatic rings. The van der Waals surface area contributed by atoms with Gasteiger partial charge in [-0.3, -0.25) is 14.5 Å². The van der Waals surface area contributed by atoms with Crippen molar-refractivity contribution in [1.29, 1.82) is 0 Å². The fourth-order valence-electron chi connectivity index (χ4n) is 3.79. The van der Waals surface area contributed by atoms with E-state index in [1.165, 1.54) is 5.56 Å². The number of rotatable bonds is 4. The molecule has 26 heavy (non-hydrogen) atoms. The molecule has 1 atom stereocenters. The lowest BCUT2D eigenvalue weighted by molar-refractivity contribution is 0.0705. The number of aliphatic hydroxyl groups is 1. The second kappa shape index (κ2) is 6.81. The van der Waals surface area contributed by atoms with E-state index < -0.39 is 6.10 Å². The van der Waals surface area contributed by atoms with Crippen LogP contribution >= 0.6 is 0 Å². The largest absolute Gasteiger partial charge is 0.385 e. The number of fused-ring (bicyclic) bond motifs is 2. The highest BCUT2D eigenvalue weighted by Gasteiger charge is 2.26. The van der Waals surface area contributed by atoms with Crippen LogP contribution in [0.1, 0.15) is 45.5 Å². The van der Waals surface area contributed by atoms with Crippen molar-refractivity contribution in [2.45, 2.75) is 38.5 Å². The van der Waals surface area contributed by atoms with Crippen LogP contribution in [0.15, 0.2) is 18.3 Å². The molecule has 7 nitrogen and oxygen atoms in total. The minimum absolute atomic E-state index is 0.0232. The molecule has 0 radical (unpaired) electrons. The van der Waals surface area contributed by atoms with Gasteiger partial charge >= 0.3 is 0 Å². The zero-order chi connectivity index (χ0) is 18.3. The maximum absolute atomic E-state index is 12.9. The Labute approximate surface area is 153 Å². The topological polar surface area (TPSA) is 74.5 Å². The molecule has 1 aliphatic heterocycles. The summed E-state index contributed by atoms with van der Waals surface area (Å²) in [5.41, 5.74) is 4.66. The van der Waals surface area contributed by atoms with Gasteiger partial charge in [-0.25, -0.2) is 0 Å². The lowest BCUT2D eigenvalue weighted by Gasteiger charge is -2.27. The second-order valence-corrected chi connectivity index (χ2v) is 7.47. The van der Waals surface area contributed by atoms with Crippen LogP contribution in [0.2, 0.25) is 0 Å². The standard InChI is InChI=1S/C19H25N5O2/c1-22(2)12-18(25)17-9-15-11-23(6-7-24(15)21-17)19(26)14-8-13-4-3-5-16(13)20-10-14/h8-10,18,25H,3-7,11-12H2,1-2H3/t18-/m0/s1. The van der Waals surface area contributed by atoms with Crippen molar-refractivity contribution in [2.24, 2.45) is 0 Å². The number of nitrogens with zero attached hydrogens (tertiary/aromatic N) is 5.